The lowest BCUT2D eigenvalue weighted by Crippen LogP contribution is -1.91. The van der Waals surface area contributed by atoms with E-state index in [2.05, 4.69) is 31.4 Å². The van der Waals surface area contributed by atoms with Crippen molar-refractivity contribution in [1.29, 1.82) is 5.26 Å². The first kappa shape index (κ1) is 12.3. The lowest BCUT2D eigenvalue weighted by Gasteiger charge is -1.95. The maximum Gasteiger partial charge on any atom is 0.252 e. The predicted octanol–water partition coefficient (Wildman–Crippen LogP) is 3.06. The second-order valence-electron chi connectivity index (χ2n) is 3.44. The molecule has 6 heteroatoms. The second kappa shape index (κ2) is 5.47. The van der Waals surface area contributed by atoms with E-state index >= 15 is 0 Å². The van der Waals surface area contributed by atoms with Crippen LogP contribution in [-0.4, -0.2) is 11.2 Å². The molecule has 5 nitrogen and oxygen atoms in total. The number of benzene rings is 1. The highest BCUT2D eigenvalue weighted by Gasteiger charge is 2.08. The number of aryl methyl sites for hydroxylation is 1. The molecule has 0 aliphatic rings. The van der Waals surface area contributed by atoms with Crippen LogP contribution < -0.4 is 5.43 Å². The van der Waals surface area contributed by atoms with Gasteiger partial charge in [0.2, 0.25) is 5.69 Å². The van der Waals surface area contributed by atoms with Gasteiger partial charge in [-0.25, -0.2) is 10.4 Å². The van der Waals surface area contributed by atoms with E-state index in [0.717, 1.165) is 10.0 Å². The summed E-state index contributed by atoms with van der Waals surface area (Å²) in [5.74, 6) is 0.677. The standard InChI is InChI=1S/C12H9BrN4O/c1-8-16-11(6-14)12(18-8)17-15-7-9-2-4-10(13)5-3-9/h2-5,7,17H,1H3. The third-order valence-electron chi connectivity index (χ3n) is 2.09. The maximum absolute atomic E-state index is 8.81. The smallest absolute Gasteiger partial charge is 0.252 e. The summed E-state index contributed by atoms with van der Waals surface area (Å²) in [6.45, 7) is 1.67. The molecule has 2 rings (SSSR count). The molecule has 2 aromatic rings. The Labute approximate surface area is 112 Å². The molecule has 0 spiro atoms. The average molecular weight is 305 g/mol. The predicted molar refractivity (Wildman–Crippen MR) is 71.3 cm³/mol. The number of oxazole rings is 1. The molecule has 0 unspecified atom stereocenters. The zero-order valence-electron chi connectivity index (χ0n) is 9.51. The monoisotopic (exact) mass is 304 g/mol. The summed E-state index contributed by atoms with van der Waals surface area (Å²) in [5.41, 5.74) is 3.78. The van der Waals surface area contributed by atoms with Crippen molar-refractivity contribution >= 4 is 28.0 Å². The zero-order chi connectivity index (χ0) is 13.0. The molecule has 0 saturated carbocycles. The van der Waals surface area contributed by atoms with Crippen molar-refractivity contribution in [2.45, 2.75) is 6.92 Å². The zero-order valence-corrected chi connectivity index (χ0v) is 11.1. The number of aromatic nitrogens is 1. The van der Waals surface area contributed by atoms with E-state index in [1.165, 1.54) is 0 Å². The van der Waals surface area contributed by atoms with Gasteiger partial charge in [0.1, 0.15) is 6.07 Å². The van der Waals surface area contributed by atoms with Crippen molar-refractivity contribution in [3.63, 3.8) is 0 Å². The Balaban J connectivity index is 2.07. The third-order valence-corrected chi connectivity index (χ3v) is 2.62. The molecule has 0 fully saturated rings. The summed E-state index contributed by atoms with van der Waals surface area (Å²) in [6, 6.07) is 9.58. The van der Waals surface area contributed by atoms with E-state index < -0.39 is 0 Å². The molecule has 1 heterocycles. The highest BCUT2D eigenvalue weighted by Crippen LogP contribution is 2.15. The fourth-order valence-corrected chi connectivity index (χ4v) is 1.56. The quantitative estimate of drug-likeness (QED) is 0.698. The van der Waals surface area contributed by atoms with E-state index in [0.29, 0.717) is 5.89 Å². The van der Waals surface area contributed by atoms with E-state index in [1.54, 1.807) is 13.1 Å². The molecule has 0 amide bonds. The number of hydrogen-bond acceptors (Lipinski definition) is 5. The summed E-state index contributed by atoms with van der Waals surface area (Å²) >= 11 is 3.35. The second-order valence-corrected chi connectivity index (χ2v) is 4.36. The van der Waals surface area contributed by atoms with Crippen LogP contribution in [-0.2, 0) is 0 Å². The van der Waals surface area contributed by atoms with Gasteiger partial charge in [0.25, 0.3) is 5.88 Å². The lowest BCUT2D eigenvalue weighted by atomic mass is 10.2. The third kappa shape index (κ3) is 2.96. The average Bonchev–Trinajstić information content (AvgIpc) is 2.72. The molecule has 1 N–H and O–H groups in total. The van der Waals surface area contributed by atoms with Gasteiger partial charge in [-0.3, -0.25) is 0 Å². The van der Waals surface area contributed by atoms with Crippen molar-refractivity contribution in [3.05, 3.63) is 45.9 Å². The van der Waals surface area contributed by atoms with Crippen LogP contribution in [0.2, 0.25) is 0 Å². The molecule has 0 radical (unpaired) electrons. The largest absolute Gasteiger partial charge is 0.422 e. The Morgan fingerprint density at radius 1 is 1.44 bits per heavy atom. The number of hydrogen-bond donors (Lipinski definition) is 1. The van der Waals surface area contributed by atoms with Gasteiger partial charge in [0.15, 0.2) is 5.89 Å². The van der Waals surface area contributed by atoms with Gasteiger partial charge < -0.3 is 4.42 Å². The fourth-order valence-electron chi connectivity index (χ4n) is 1.29. The van der Waals surface area contributed by atoms with Crippen LogP contribution in [0.1, 0.15) is 17.1 Å². The van der Waals surface area contributed by atoms with Crippen molar-refractivity contribution in [1.82, 2.24) is 4.98 Å². The van der Waals surface area contributed by atoms with Crippen LogP contribution in [0.15, 0.2) is 38.3 Å². The molecule has 0 aliphatic carbocycles. The Kier molecular flexibility index (Phi) is 3.75. The van der Waals surface area contributed by atoms with E-state index in [1.807, 2.05) is 30.3 Å². The molecule has 90 valence electrons. The van der Waals surface area contributed by atoms with Gasteiger partial charge in [-0.2, -0.15) is 10.4 Å². The molecular weight excluding hydrogens is 296 g/mol. The summed E-state index contributed by atoms with van der Waals surface area (Å²) < 4.78 is 6.20. The van der Waals surface area contributed by atoms with Gasteiger partial charge >= 0.3 is 0 Å². The Morgan fingerprint density at radius 3 is 2.83 bits per heavy atom. The van der Waals surface area contributed by atoms with Crippen LogP contribution in [0.4, 0.5) is 5.88 Å². The lowest BCUT2D eigenvalue weighted by molar-refractivity contribution is 0.533. The van der Waals surface area contributed by atoms with Crippen molar-refractivity contribution < 1.29 is 4.42 Å². The number of anilines is 1. The topological polar surface area (TPSA) is 74.2 Å². The maximum atomic E-state index is 8.81. The number of hydrazone groups is 1. The Hall–Kier alpha value is -2.13. The van der Waals surface area contributed by atoms with Gasteiger partial charge in [0, 0.05) is 11.4 Å². The minimum Gasteiger partial charge on any atom is -0.422 e. The summed E-state index contributed by atoms with van der Waals surface area (Å²) in [5, 5.41) is 12.8. The number of nitrogens with zero attached hydrogens (tertiary/aromatic N) is 3. The molecule has 0 bridgehead atoms. The Bertz CT molecular complexity index is 610. The first-order chi connectivity index (χ1) is 8.69. The van der Waals surface area contributed by atoms with Crippen LogP contribution >= 0.6 is 15.9 Å². The number of rotatable bonds is 3. The molecule has 0 aliphatic heterocycles. The van der Waals surface area contributed by atoms with E-state index in [9.17, 15) is 0 Å². The molecule has 18 heavy (non-hydrogen) atoms. The van der Waals surface area contributed by atoms with Gasteiger partial charge in [-0.1, -0.05) is 28.1 Å². The van der Waals surface area contributed by atoms with Gasteiger partial charge in [-0.05, 0) is 17.7 Å². The first-order valence-electron chi connectivity index (χ1n) is 5.11. The fraction of sp³-hybridized carbons (Fsp3) is 0.0833. The summed E-state index contributed by atoms with van der Waals surface area (Å²) in [4.78, 5) is 3.90. The number of halogens is 1. The van der Waals surface area contributed by atoms with E-state index in [-0.39, 0.29) is 11.6 Å². The molecular formula is C12H9BrN4O. The molecule has 1 aromatic carbocycles. The number of nitriles is 1. The minimum absolute atomic E-state index is 0.195. The van der Waals surface area contributed by atoms with Crippen LogP contribution in [0.5, 0.6) is 0 Å². The van der Waals surface area contributed by atoms with Crippen LogP contribution in [0.25, 0.3) is 0 Å². The molecule has 0 saturated heterocycles. The highest BCUT2D eigenvalue weighted by molar-refractivity contribution is 9.10. The highest BCUT2D eigenvalue weighted by atomic mass is 79.9. The minimum atomic E-state index is 0.195. The van der Waals surface area contributed by atoms with Crippen LogP contribution in [0, 0.1) is 18.3 Å². The van der Waals surface area contributed by atoms with Crippen molar-refractivity contribution in [3.8, 4) is 6.07 Å². The normalized spacial score (nSPS) is 10.5. The van der Waals surface area contributed by atoms with Gasteiger partial charge in [-0.15, -0.1) is 0 Å². The van der Waals surface area contributed by atoms with Crippen molar-refractivity contribution in [2.75, 3.05) is 5.43 Å². The van der Waals surface area contributed by atoms with Crippen LogP contribution in [0.3, 0.4) is 0 Å². The summed E-state index contributed by atoms with van der Waals surface area (Å²) in [6.07, 6.45) is 1.63. The SMILES string of the molecule is Cc1nc(C#N)c(NN=Cc2ccc(Br)cc2)o1. The summed E-state index contributed by atoms with van der Waals surface area (Å²) in [7, 11) is 0. The molecule has 0 atom stereocenters. The van der Waals surface area contributed by atoms with Gasteiger partial charge in [0.05, 0.1) is 6.21 Å². The van der Waals surface area contributed by atoms with Crippen molar-refractivity contribution in [2.24, 2.45) is 5.10 Å². The molecule has 1 aromatic heterocycles. The van der Waals surface area contributed by atoms with E-state index in [4.69, 9.17) is 9.68 Å². The first-order valence-corrected chi connectivity index (χ1v) is 5.90. The number of nitrogens with one attached hydrogen (secondary N) is 1. The Morgan fingerprint density at radius 2 is 2.17 bits per heavy atom.